The highest BCUT2D eigenvalue weighted by Crippen LogP contribution is 2.47. The summed E-state index contributed by atoms with van der Waals surface area (Å²) in [6.07, 6.45) is 0.324. The third-order valence-electron chi connectivity index (χ3n) is 8.86. The Morgan fingerprint density at radius 3 is 2.71 bits per heavy atom. The molecule has 13 nitrogen and oxygen atoms in total. The molecular formula is C35H34F3N9O4S. The van der Waals surface area contributed by atoms with E-state index in [1.807, 2.05) is 11.0 Å². The molecule has 7 rings (SSSR count). The van der Waals surface area contributed by atoms with Gasteiger partial charge in [0.15, 0.2) is 11.6 Å². The first-order valence-corrected chi connectivity index (χ1v) is 17.3. The van der Waals surface area contributed by atoms with E-state index in [-0.39, 0.29) is 88.0 Å². The lowest BCUT2D eigenvalue weighted by Crippen LogP contribution is -2.38. The summed E-state index contributed by atoms with van der Waals surface area (Å²) in [6.45, 7) is 7.29. The summed E-state index contributed by atoms with van der Waals surface area (Å²) in [5.74, 6) is -1.36. The fourth-order valence-corrected chi connectivity index (χ4v) is 7.69. The molecule has 2 aliphatic heterocycles. The Morgan fingerprint density at radius 2 is 2.02 bits per heavy atom. The molecule has 4 aromatic heterocycles. The first kappa shape index (κ1) is 35.2. The topological polar surface area (TPSA) is 160 Å². The van der Waals surface area contributed by atoms with Gasteiger partial charge in [-0.2, -0.15) is 25.4 Å². The van der Waals surface area contributed by atoms with Gasteiger partial charge in [0, 0.05) is 29.7 Å². The third kappa shape index (κ3) is 6.64. The normalized spacial score (nSPS) is 18.0. The number of likely N-dealkylation sites (N-methyl/N-ethyl adjacent to an activating group) is 1. The molecule has 52 heavy (non-hydrogen) atoms. The number of nitrogens with one attached hydrogen (secondary N) is 2. The number of fused-ring (bicyclic) bond motifs is 4. The van der Waals surface area contributed by atoms with E-state index in [0.717, 1.165) is 17.5 Å². The van der Waals surface area contributed by atoms with Crippen LogP contribution in [0.4, 0.5) is 28.8 Å². The SMILES string of the molecule is C[C@H](Oc1nc(NCc2cccnn2)c2c3c(c(-c4ncc(F)c5sc(NC(=O)OC(C)(C)C)c(C#N)c45)c(F)c2n1)COC3)[C@@H]1C[C@@H](F)CN1C. The molecule has 2 N–H and O–H groups in total. The molecule has 1 aromatic carbocycles. The molecule has 1 fully saturated rings. The number of halogens is 3. The van der Waals surface area contributed by atoms with Gasteiger partial charge in [-0.15, -0.1) is 11.3 Å². The lowest BCUT2D eigenvalue weighted by Gasteiger charge is -2.26. The van der Waals surface area contributed by atoms with E-state index in [2.05, 4.69) is 35.8 Å². The summed E-state index contributed by atoms with van der Waals surface area (Å²) < 4.78 is 64.4. The molecule has 1 saturated heterocycles. The zero-order valence-corrected chi connectivity index (χ0v) is 29.7. The fraction of sp³-hybridized carbons (Fsp3) is 0.400. The van der Waals surface area contributed by atoms with Crippen molar-refractivity contribution in [2.75, 3.05) is 24.2 Å². The number of hydrogen-bond acceptors (Lipinski definition) is 13. The Bertz CT molecular complexity index is 2240. The highest BCUT2D eigenvalue weighted by Gasteiger charge is 2.36. The molecule has 0 unspecified atom stereocenters. The lowest BCUT2D eigenvalue weighted by atomic mass is 9.93. The van der Waals surface area contributed by atoms with Crippen LogP contribution >= 0.6 is 11.3 Å². The van der Waals surface area contributed by atoms with Crippen LogP contribution in [0, 0.1) is 23.0 Å². The van der Waals surface area contributed by atoms with Crippen LogP contribution in [0.25, 0.3) is 32.2 Å². The summed E-state index contributed by atoms with van der Waals surface area (Å²) in [6, 6.07) is 5.10. The number of alkyl halides is 1. The van der Waals surface area contributed by atoms with Crippen LogP contribution in [0.2, 0.25) is 0 Å². The van der Waals surface area contributed by atoms with Gasteiger partial charge in [-0.25, -0.2) is 18.0 Å². The first-order valence-electron chi connectivity index (χ1n) is 16.5. The standard InChI is InChI=1S/C35H34F3N9O4S/c1-16(23-9-17(36)13-47(23)5)50-33-43-29-26(31(44-33)41-11-18-7-6-8-42-46-18)21-15-49-14-20(21)24(27(29)38)28-25-19(10-39)32(45-34(48)51-35(2,3)4)52-30(25)22(37)12-40-28/h6-8,12,16-17,23H,9,11,13-15H2,1-5H3,(H,45,48)(H,41,43,44)/t16-,17+,23-/m0/s1. The predicted octanol–water partition coefficient (Wildman–Crippen LogP) is 6.65. The van der Waals surface area contributed by atoms with Crippen molar-refractivity contribution < 1.29 is 32.2 Å². The number of nitriles is 1. The van der Waals surface area contributed by atoms with Gasteiger partial charge in [0.2, 0.25) is 0 Å². The number of anilines is 2. The molecule has 0 radical (unpaired) electrons. The van der Waals surface area contributed by atoms with Crippen molar-refractivity contribution >= 4 is 49.2 Å². The molecule has 6 heterocycles. The number of carbonyl (C=O) groups is 1. The summed E-state index contributed by atoms with van der Waals surface area (Å²) in [7, 11) is 1.80. The zero-order chi connectivity index (χ0) is 36.9. The quantitative estimate of drug-likeness (QED) is 0.175. The van der Waals surface area contributed by atoms with Crippen LogP contribution in [0.1, 0.15) is 56.5 Å². The smallest absolute Gasteiger partial charge is 0.412 e. The van der Waals surface area contributed by atoms with Crippen molar-refractivity contribution in [3.63, 3.8) is 0 Å². The van der Waals surface area contributed by atoms with Crippen LogP contribution < -0.4 is 15.4 Å². The number of aromatic nitrogens is 5. The number of thiophene rings is 1. The van der Waals surface area contributed by atoms with Crippen LogP contribution in [-0.4, -0.2) is 73.7 Å². The van der Waals surface area contributed by atoms with Gasteiger partial charge in [-0.1, -0.05) is 0 Å². The van der Waals surface area contributed by atoms with E-state index in [0.29, 0.717) is 22.2 Å². The number of likely N-dealkylation sites (tertiary alicyclic amines) is 1. The molecule has 17 heteroatoms. The summed E-state index contributed by atoms with van der Waals surface area (Å²) in [5.41, 5.74) is 0.393. The molecule has 0 bridgehead atoms. The highest BCUT2D eigenvalue weighted by atomic mass is 32.1. The van der Waals surface area contributed by atoms with E-state index in [1.54, 1.807) is 53.1 Å². The van der Waals surface area contributed by atoms with E-state index in [9.17, 15) is 14.4 Å². The Morgan fingerprint density at radius 1 is 1.23 bits per heavy atom. The van der Waals surface area contributed by atoms with Crippen molar-refractivity contribution in [2.24, 2.45) is 0 Å². The number of ether oxygens (including phenoxy) is 3. The molecule has 0 aliphatic carbocycles. The average molecular weight is 734 g/mol. The van der Waals surface area contributed by atoms with Crippen molar-refractivity contribution in [2.45, 2.75) is 77.8 Å². The second-order valence-electron chi connectivity index (χ2n) is 13.7. The minimum absolute atomic E-state index is 0.0103. The third-order valence-corrected chi connectivity index (χ3v) is 9.97. The number of carbonyl (C=O) groups excluding carboxylic acids is 1. The van der Waals surface area contributed by atoms with Gasteiger partial charge in [0.1, 0.15) is 40.3 Å². The largest absolute Gasteiger partial charge is 0.459 e. The highest BCUT2D eigenvalue weighted by molar-refractivity contribution is 7.23. The zero-order valence-electron chi connectivity index (χ0n) is 28.9. The summed E-state index contributed by atoms with van der Waals surface area (Å²) >= 11 is 0.809. The van der Waals surface area contributed by atoms with E-state index in [1.165, 1.54) is 0 Å². The van der Waals surface area contributed by atoms with Crippen molar-refractivity contribution in [1.82, 2.24) is 30.0 Å². The maximum absolute atomic E-state index is 17.3. The molecule has 2 aliphatic rings. The van der Waals surface area contributed by atoms with Crippen LogP contribution in [0.5, 0.6) is 6.01 Å². The molecule has 0 saturated carbocycles. The van der Waals surface area contributed by atoms with Crippen molar-refractivity contribution in [1.29, 1.82) is 5.26 Å². The maximum Gasteiger partial charge on any atom is 0.412 e. The monoisotopic (exact) mass is 733 g/mol. The van der Waals surface area contributed by atoms with Crippen LogP contribution in [-0.2, 0) is 29.2 Å². The second kappa shape index (κ2) is 13.7. The number of rotatable bonds is 8. The van der Waals surface area contributed by atoms with Crippen LogP contribution in [0.3, 0.4) is 0 Å². The van der Waals surface area contributed by atoms with E-state index in [4.69, 9.17) is 14.2 Å². The van der Waals surface area contributed by atoms with Crippen LogP contribution in [0.15, 0.2) is 24.5 Å². The number of nitrogens with zero attached hydrogens (tertiary/aromatic N) is 7. The van der Waals surface area contributed by atoms with Crippen molar-refractivity contribution in [3.05, 3.63) is 58.5 Å². The second-order valence-corrected chi connectivity index (χ2v) is 14.7. The Labute approximate surface area is 300 Å². The van der Waals surface area contributed by atoms with E-state index >= 15 is 8.78 Å². The molecule has 0 spiro atoms. The number of benzene rings is 1. The maximum atomic E-state index is 17.3. The number of hydrogen-bond donors (Lipinski definition) is 2. The van der Waals surface area contributed by atoms with E-state index < -0.39 is 35.6 Å². The molecule has 5 aromatic rings. The number of pyridine rings is 1. The number of amides is 1. The minimum atomic E-state index is -1.01. The minimum Gasteiger partial charge on any atom is -0.459 e. The first-order chi connectivity index (χ1) is 24.8. The van der Waals surface area contributed by atoms with Gasteiger partial charge in [-0.3, -0.25) is 15.2 Å². The summed E-state index contributed by atoms with van der Waals surface area (Å²) in [4.78, 5) is 28.1. The molecule has 1 amide bonds. The molecule has 270 valence electrons. The summed E-state index contributed by atoms with van der Waals surface area (Å²) in [5, 5.41) is 24.5. The van der Waals surface area contributed by atoms with Gasteiger partial charge >= 0.3 is 12.1 Å². The Balaban J connectivity index is 1.41. The van der Waals surface area contributed by atoms with Gasteiger partial charge in [0.25, 0.3) is 0 Å². The van der Waals surface area contributed by atoms with Gasteiger partial charge in [0.05, 0.1) is 53.0 Å². The molecular weight excluding hydrogens is 700 g/mol. The lowest BCUT2D eigenvalue weighted by molar-refractivity contribution is 0.0636. The average Bonchev–Trinajstić information content (AvgIpc) is 3.81. The van der Waals surface area contributed by atoms with Gasteiger partial charge < -0.3 is 19.5 Å². The Hall–Kier alpha value is -5.18. The fourth-order valence-electron chi connectivity index (χ4n) is 6.65. The van der Waals surface area contributed by atoms with Gasteiger partial charge in [-0.05, 0) is 64.4 Å². The van der Waals surface area contributed by atoms with Crippen molar-refractivity contribution in [3.8, 4) is 23.3 Å². The Kier molecular flexibility index (Phi) is 9.32. The predicted molar refractivity (Wildman–Crippen MR) is 187 cm³/mol. The molecule has 3 atom stereocenters.